The van der Waals surface area contributed by atoms with Crippen LogP contribution in [0.25, 0.3) is 16.3 Å². The molecule has 0 aliphatic heterocycles. The van der Waals surface area contributed by atoms with Crippen molar-refractivity contribution >= 4 is 16.3 Å². The molecule has 0 atom stereocenters. The second-order valence-electron chi connectivity index (χ2n) is 3.88. The molecule has 84 valence electrons. The average molecular weight is 220 g/mol. The number of fused-ring (bicyclic) bond motifs is 1. The van der Waals surface area contributed by atoms with Gasteiger partial charge in [0.15, 0.2) is 0 Å². The molecule has 0 heterocycles. The minimum Gasteiger partial charge on any atom is -0.0984 e. The molecule has 0 aromatic heterocycles. The van der Waals surface area contributed by atoms with Crippen molar-refractivity contribution in [2.45, 2.75) is 6.92 Å². The van der Waals surface area contributed by atoms with Gasteiger partial charge in [0.2, 0.25) is 0 Å². The van der Waals surface area contributed by atoms with Crippen LogP contribution in [0.4, 0.5) is 0 Å². The maximum atomic E-state index is 3.89. The summed E-state index contributed by atoms with van der Waals surface area (Å²) in [5, 5.41) is 2.53. The zero-order chi connectivity index (χ0) is 12.1. The van der Waals surface area contributed by atoms with Crippen molar-refractivity contribution in [1.29, 1.82) is 0 Å². The minimum absolute atomic E-state index is 1.15. The summed E-state index contributed by atoms with van der Waals surface area (Å²) in [6, 6.07) is 14.8. The fourth-order valence-electron chi connectivity index (χ4n) is 1.94. The van der Waals surface area contributed by atoms with Gasteiger partial charge in [-0.2, -0.15) is 0 Å². The lowest BCUT2D eigenvalue weighted by atomic mass is 9.98. The fraction of sp³-hybridized carbons (Fsp3) is 0.0588. The van der Waals surface area contributed by atoms with Gasteiger partial charge in [-0.3, -0.25) is 0 Å². The summed E-state index contributed by atoms with van der Waals surface area (Å²) >= 11 is 0. The Morgan fingerprint density at radius 3 is 2.59 bits per heavy atom. The highest BCUT2D eigenvalue weighted by Gasteiger charge is 2.01. The van der Waals surface area contributed by atoms with E-state index in [1.807, 2.05) is 25.2 Å². The molecule has 17 heavy (non-hydrogen) atoms. The molecular weight excluding hydrogens is 204 g/mol. The molecule has 2 aromatic rings. The van der Waals surface area contributed by atoms with Crippen molar-refractivity contribution in [3.63, 3.8) is 0 Å². The third-order valence-electron chi connectivity index (χ3n) is 2.79. The van der Waals surface area contributed by atoms with Crippen LogP contribution in [0.1, 0.15) is 12.5 Å². The molecule has 0 bridgehead atoms. The van der Waals surface area contributed by atoms with Crippen molar-refractivity contribution < 1.29 is 0 Å². The van der Waals surface area contributed by atoms with E-state index in [2.05, 4.69) is 55.1 Å². The van der Waals surface area contributed by atoms with Gasteiger partial charge in [-0.25, -0.2) is 0 Å². The van der Waals surface area contributed by atoms with E-state index in [1.54, 1.807) is 0 Å². The van der Waals surface area contributed by atoms with E-state index >= 15 is 0 Å². The Hall–Kier alpha value is -2.08. The molecule has 0 aliphatic rings. The smallest absolute Gasteiger partial charge is 0.0105 e. The Balaban J connectivity index is 2.65. The molecule has 0 saturated heterocycles. The summed E-state index contributed by atoms with van der Waals surface area (Å²) in [6.07, 6.45) is 8.06. The van der Waals surface area contributed by atoms with Gasteiger partial charge in [0.05, 0.1) is 0 Å². The number of allylic oxidation sites excluding steroid dienone is 5. The molecule has 0 radical (unpaired) electrons. The lowest BCUT2D eigenvalue weighted by Gasteiger charge is -2.06. The normalized spacial score (nSPS) is 12.2. The van der Waals surface area contributed by atoms with Crippen LogP contribution in [0, 0.1) is 0 Å². The van der Waals surface area contributed by atoms with Crippen LogP contribution in [0.3, 0.4) is 0 Å². The molecular formula is C17H16. The van der Waals surface area contributed by atoms with E-state index in [1.165, 1.54) is 16.3 Å². The number of rotatable bonds is 3. The van der Waals surface area contributed by atoms with Crippen molar-refractivity contribution in [2.75, 3.05) is 0 Å². The summed E-state index contributed by atoms with van der Waals surface area (Å²) in [5.74, 6) is 0. The van der Waals surface area contributed by atoms with Gasteiger partial charge in [0.25, 0.3) is 0 Å². The van der Waals surface area contributed by atoms with Gasteiger partial charge in [0.1, 0.15) is 0 Å². The minimum atomic E-state index is 1.15. The fourth-order valence-corrected chi connectivity index (χ4v) is 1.94. The molecule has 0 amide bonds. The summed E-state index contributed by atoms with van der Waals surface area (Å²) in [6.45, 7) is 5.91. The number of benzene rings is 2. The second kappa shape index (κ2) is 5.31. The zero-order valence-corrected chi connectivity index (χ0v) is 10.1. The van der Waals surface area contributed by atoms with Gasteiger partial charge < -0.3 is 0 Å². The molecule has 0 N–H and O–H groups in total. The number of hydrogen-bond donors (Lipinski definition) is 0. The quantitative estimate of drug-likeness (QED) is 0.639. The highest BCUT2D eigenvalue weighted by molar-refractivity contribution is 5.96. The Labute approximate surface area is 103 Å². The van der Waals surface area contributed by atoms with Crippen LogP contribution in [0.5, 0.6) is 0 Å². The highest BCUT2D eigenvalue weighted by Crippen LogP contribution is 2.25. The molecule has 0 aliphatic carbocycles. The predicted octanol–water partition coefficient (Wildman–Crippen LogP) is 4.99. The van der Waals surface area contributed by atoms with E-state index in [0.29, 0.717) is 0 Å². The van der Waals surface area contributed by atoms with Crippen molar-refractivity contribution in [3.8, 4) is 0 Å². The van der Waals surface area contributed by atoms with Crippen LogP contribution in [-0.4, -0.2) is 0 Å². The third-order valence-corrected chi connectivity index (χ3v) is 2.79. The van der Waals surface area contributed by atoms with E-state index in [4.69, 9.17) is 0 Å². The van der Waals surface area contributed by atoms with Crippen LogP contribution >= 0.6 is 0 Å². The van der Waals surface area contributed by atoms with Crippen LogP contribution < -0.4 is 0 Å². The molecule has 2 rings (SSSR count). The SMILES string of the molecule is C=C/C(=C\C=C/C)c1cccc2ccccc12. The topological polar surface area (TPSA) is 0 Å². The Bertz CT molecular complexity index is 581. The summed E-state index contributed by atoms with van der Waals surface area (Å²) in [7, 11) is 0. The van der Waals surface area contributed by atoms with E-state index < -0.39 is 0 Å². The van der Waals surface area contributed by atoms with Crippen LogP contribution in [-0.2, 0) is 0 Å². The van der Waals surface area contributed by atoms with E-state index in [-0.39, 0.29) is 0 Å². The predicted molar refractivity (Wildman–Crippen MR) is 76.9 cm³/mol. The Kier molecular flexibility index (Phi) is 3.56. The molecule has 2 aromatic carbocycles. The molecule has 0 spiro atoms. The average Bonchev–Trinajstić information content (AvgIpc) is 2.40. The van der Waals surface area contributed by atoms with Crippen LogP contribution in [0.15, 0.2) is 73.3 Å². The first-order valence-electron chi connectivity index (χ1n) is 5.80. The van der Waals surface area contributed by atoms with Gasteiger partial charge in [-0.1, -0.05) is 73.3 Å². The van der Waals surface area contributed by atoms with Gasteiger partial charge in [-0.15, -0.1) is 0 Å². The first-order valence-corrected chi connectivity index (χ1v) is 5.80. The van der Waals surface area contributed by atoms with Crippen molar-refractivity contribution in [1.82, 2.24) is 0 Å². The lowest BCUT2D eigenvalue weighted by molar-refractivity contribution is 1.67. The highest BCUT2D eigenvalue weighted by atomic mass is 14.1. The van der Waals surface area contributed by atoms with E-state index in [0.717, 1.165) is 5.57 Å². The maximum Gasteiger partial charge on any atom is -0.0105 e. The largest absolute Gasteiger partial charge is 0.0984 e. The Morgan fingerprint density at radius 2 is 1.82 bits per heavy atom. The molecule has 0 fully saturated rings. The second-order valence-corrected chi connectivity index (χ2v) is 3.88. The zero-order valence-electron chi connectivity index (χ0n) is 10.1. The van der Waals surface area contributed by atoms with Gasteiger partial charge in [-0.05, 0) is 28.8 Å². The lowest BCUT2D eigenvalue weighted by Crippen LogP contribution is -1.83. The standard InChI is InChI=1S/C17H16/c1-3-5-9-14(4-2)16-13-8-11-15-10-6-7-12-17(15)16/h3-13H,2H2,1H3/b5-3-,14-9+. The van der Waals surface area contributed by atoms with Crippen molar-refractivity contribution in [3.05, 3.63) is 78.9 Å². The van der Waals surface area contributed by atoms with Gasteiger partial charge >= 0.3 is 0 Å². The van der Waals surface area contributed by atoms with Crippen LogP contribution in [0.2, 0.25) is 0 Å². The molecule has 0 saturated carbocycles. The monoisotopic (exact) mass is 220 g/mol. The molecule has 0 unspecified atom stereocenters. The van der Waals surface area contributed by atoms with E-state index in [9.17, 15) is 0 Å². The first-order chi connectivity index (χ1) is 8.36. The summed E-state index contributed by atoms with van der Waals surface area (Å²) in [5.41, 5.74) is 2.39. The summed E-state index contributed by atoms with van der Waals surface area (Å²) in [4.78, 5) is 0. The van der Waals surface area contributed by atoms with Crippen molar-refractivity contribution in [2.24, 2.45) is 0 Å². The molecule has 0 heteroatoms. The third kappa shape index (κ3) is 2.36. The van der Waals surface area contributed by atoms with Gasteiger partial charge in [0, 0.05) is 0 Å². The molecule has 0 nitrogen and oxygen atoms in total. The number of hydrogen-bond acceptors (Lipinski definition) is 0. The Morgan fingerprint density at radius 1 is 1.06 bits per heavy atom. The summed E-state index contributed by atoms with van der Waals surface area (Å²) < 4.78 is 0. The maximum absolute atomic E-state index is 3.89. The first kappa shape index (κ1) is 11.4.